The maximum atomic E-state index is 14.9. The van der Waals surface area contributed by atoms with Crippen LogP contribution in [0.15, 0.2) is 59.1 Å². The molecule has 0 aliphatic heterocycles. The number of hydrogen-bond donors (Lipinski definition) is 2. The van der Waals surface area contributed by atoms with Crippen LogP contribution in [-0.4, -0.2) is 9.97 Å². The van der Waals surface area contributed by atoms with E-state index in [2.05, 4.69) is 37.3 Å². The summed E-state index contributed by atoms with van der Waals surface area (Å²) in [6, 6.07) is 19.7. The molecule has 2 N–H and O–H groups in total. The molecule has 0 spiro atoms. The van der Waals surface area contributed by atoms with Crippen molar-refractivity contribution in [3.63, 3.8) is 0 Å². The van der Waals surface area contributed by atoms with Crippen LogP contribution in [0.25, 0.3) is 11.0 Å². The summed E-state index contributed by atoms with van der Waals surface area (Å²) in [6.45, 7) is 0.339. The van der Waals surface area contributed by atoms with Crippen LogP contribution in [0.1, 0.15) is 5.56 Å². The first-order chi connectivity index (χ1) is 13.1. The predicted molar refractivity (Wildman–Crippen MR) is 108 cm³/mol. The number of nitrogens with one attached hydrogen (secondary N) is 2. The third-order valence-electron chi connectivity index (χ3n) is 3.91. The Morgan fingerprint density at radius 3 is 2.81 bits per heavy atom. The molecular formula is C20H13BrClFN3O. The molecule has 4 nitrogen and oxygen atoms in total. The van der Waals surface area contributed by atoms with Gasteiger partial charge >= 0.3 is 0 Å². The number of imidazole rings is 1. The number of rotatable bonds is 5. The summed E-state index contributed by atoms with van der Waals surface area (Å²) in [6.07, 6.45) is 0. The van der Waals surface area contributed by atoms with Crippen LogP contribution in [0, 0.1) is 11.9 Å². The molecule has 0 unspecified atom stereocenters. The van der Waals surface area contributed by atoms with Crippen LogP contribution < -0.4 is 10.1 Å². The molecular weight excluding hydrogens is 433 g/mol. The van der Waals surface area contributed by atoms with Crippen molar-refractivity contribution in [1.82, 2.24) is 9.97 Å². The summed E-state index contributed by atoms with van der Waals surface area (Å²) >= 11 is 9.52. The number of H-pyrrole nitrogens is 1. The number of benzene rings is 3. The number of hydrogen-bond acceptors (Lipinski definition) is 3. The van der Waals surface area contributed by atoms with E-state index in [1.165, 1.54) is 0 Å². The lowest BCUT2D eigenvalue weighted by atomic mass is 10.2. The van der Waals surface area contributed by atoms with E-state index in [0.717, 1.165) is 10.0 Å². The van der Waals surface area contributed by atoms with Crippen LogP contribution in [0.3, 0.4) is 0 Å². The van der Waals surface area contributed by atoms with Gasteiger partial charge in [-0.1, -0.05) is 57.9 Å². The van der Waals surface area contributed by atoms with Gasteiger partial charge in [-0.25, -0.2) is 4.39 Å². The standard InChI is InChI=1S/C20H13BrClFN3O/c21-13-6-7-15(14(22)10-13)24-16-8-9-17-19(18(16)23)26-20(25-17)27-11-12-4-2-1-3-5-12/h1-7,9-10,24H,11H2,(H,25,26). The average molecular weight is 446 g/mol. The number of halogens is 3. The van der Waals surface area contributed by atoms with Crippen molar-refractivity contribution in [2.24, 2.45) is 0 Å². The van der Waals surface area contributed by atoms with Gasteiger partial charge in [-0.15, -0.1) is 0 Å². The molecule has 0 amide bonds. The minimum atomic E-state index is -0.530. The van der Waals surface area contributed by atoms with Crippen LogP contribution in [0.5, 0.6) is 6.01 Å². The largest absolute Gasteiger partial charge is 0.460 e. The first kappa shape index (κ1) is 17.8. The Hall–Kier alpha value is -2.57. The van der Waals surface area contributed by atoms with Gasteiger partial charge in [0.05, 0.1) is 21.9 Å². The van der Waals surface area contributed by atoms with Gasteiger partial charge in [0.15, 0.2) is 5.82 Å². The molecule has 1 aromatic heterocycles. The Kier molecular flexibility index (Phi) is 5.01. The van der Waals surface area contributed by atoms with Crippen molar-refractivity contribution in [3.8, 4) is 6.01 Å². The number of fused-ring (bicyclic) bond motifs is 1. The van der Waals surface area contributed by atoms with Gasteiger partial charge in [-0.05, 0) is 29.8 Å². The van der Waals surface area contributed by atoms with Crippen LogP contribution in [0.4, 0.5) is 15.8 Å². The lowest BCUT2D eigenvalue weighted by Crippen LogP contribution is -1.96. The van der Waals surface area contributed by atoms with E-state index in [9.17, 15) is 4.39 Å². The summed E-state index contributed by atoms with van der Waals surface area (Å²) in [5.41, 5.74) is 2.41. The summed E-state index contributed by atoms with van der Waals surface area (Å²) in [4.78, 5) is 7.16. The lowest BCUT2D eigenvalue weighted by molar-refractivity contribution is 0.284. The molecule has 0 fully saturated rings. The summed E-state index contributed by atoms with van der Waals surface area (Å²) in [7, 11) is 0. The predicted octanol–water partition coefficient (Wildman–Crippen LogP) is 6.24. The van der Waals surface area contributed by atoms with Gasteiger partial charge in [0, 0.05) is 10.5 Å². The van der Waals surface area contributed by atoms with E-state index in [4.69, 9.17) is 16.3 Å². The van der Waals surface area contributed by atoms with Crippen molar-refractivity contribution in [2.45, 2.75) is 6.61 Å². The zero-order valence-corrected chi connectivity index (χ0v) is 16.2. The third-order valence-corrected chi connectivity index (χ3v) is 4.71. The second kappa shape index (κ2) is 7.58. The van der Waals surface area contributed by atoms with Crippen molar-refractivity contribution in [2.75, 3.05) is 5.32 Å². The van der Waals surface area contributed by atoms with E-state index in [-0.39, 0.29) is 17.2 Å². The quantitative estimate of drug-likeness (QED) is 0.382. The number of anilines is 2. The highest BCUT2D eigenvalue weighted by atomic mass is 79.9. The summed E-state index contributed by atoms with van der Waals surface area (Å²) < 4.78 is 21.3. The van der Waals surface area contributed by atoms with Crippen molar-refractivity contribution in [1.29, 1.82) is 0 Å². The Labute approximate surface area is 168 Å². The third kappa shape index (κ3) is 3.91. The van der Waals surface area contributed by atoms with E-state index < -0.39 is 5.82 Å². The fourth-order valence-electron chi connectivity index (χ4n) is 2.57. The highest BCUT2D eigenvalue weighted by molar-refractivity contribution is 9.10. The first-order valence-corrected chi connectivity index (χ1v) is 9.26. The van der Waals surface area contributed by atoms with Gasteiger partial charge in [0.25, 0.3) is 6.01 Å². The molecule has 0 saturated heterocycles. The zero-order chi connectivity index (χ0) is 18.8. The van der Waals surface area contributed by atoms with Crippen LogP contribution >= 0.6 is 27.5 Å². The molecule has 3 aromatic carbocycles. The number of aromatic amines is 1. The summed E-state index contributed by atoms with van der Waals surface area (Å²) in [5.74, 6) is -0.530. The molecule has 7 heteroatoms. The topological polar surface area (TPSA) is 49.9 Å². The zero-order valence-electron chi connectivity index (χ0n) is 13.9. The molecule has 0 aliphatic carbocycles. The molecule has 135 valence electrons. The van der Waals surface area contributed by atoms with Gasteiger partial charge in [0.2, 0.25) is 0 Å². The molecule has 0 atom stereocenters. The highest BCUT2D eigenvalue weighted by Crippen LogP contribution is 2.31. The molecule has 4 aromatic rings. The van der Waals surface area contributed by atoms with Crippen molar-refractivity contribution < 1.29 is 9.13 Å². The molecule has 1 heterocycles. The van der Waals surface area contributed by atoms with Crippen molar-refractivity contribution in [3.05, 3.63) is 81.5 Å². The van der Waals surface area contributed by atoms with E-state index >= 15 is 0 Å². The van der Waals surface area contributed by atoms with Crippen LogP contribution in [0.2, 0.25) is 5.02 Å². The number of ether oxygens (including phenoxy) is 1. The smallest absolute Gasteiger partial charge is 0.295 e. The number of aromatic nitrogens is 2. The Morgan fingerprint density at radius 2 is 2.04 bits per heavy atom. The minimum absolute atomic E-state index is 0.160. The highest BCUT2D eigenvalue weighted by Gasteiger charge is 2.14. The van der Waals surface area contributed by atoms with Gasteiger partial charge in [-0.3, -0.25) is 0 Å². The fourth-order valence-corrected chi connectivity index (χ4v) is 3.29. The van der Waals surface area contributed by atoms with E-state index in [1.807, 2.05) is 36.4 Å². The maximum absolute atomic E-state index is 14.9. The Bertz CT molecular complexity index is 1100. The van der Waals surface area contributed by atoms with Crippen LogP contribution in [-0.2, 0) is 6.61 Å². The molecule has 0 bridgehead atoms. The van der Waals surface area contributed by atoms with Gasteiger partial charge < -0.3 is 15.0 Å². The Balaban J connectivity index is 1.58. The molecule has 4 rings (SSSR count). The molecule has 0 aliphatic rings. The van der Waals surface area contributed by atoms with Gasteiger partial charge in [0.1, 0.15) is 12.1 Å². The van der Waals surface area contributed by atoms with E-state index in [0.29, 0.717) is 22.8 Å². The SMILES string of the molecule is Fc1c(Nc2ccc(Br)cc2Cl)[c]cc2[nH]c(OCc3ccccc3)nc12. The molecule has 0 saturated carbocycles. The van der Waals surface area contributed by atoms with Crippen molar-refractivity contribution >= 4 is 49.9 Å². The van der Waals surface area contributed by atoms with Gasteiger partial charge in [-0.2, -0.15) is 4.98 Å². The Morgan fingerprint density at radius 1 is 1.22 bits per heavy atom. The summed E-state index contributed by atoms with van der Waals surface area (Å²) in [5, 5.41) is 3.41. The first-order valence-electron chi connectivity index (χ1n) is 8.09. The number of nitrogens with zero attached hydrogens (tertiary/aromatic N) is 1. The maximum Gasteiger partial charge on any atom is 0.295 e. The monoisotopic (exact) mass is 444 g/mol. The molecule has 27 heavy (non-hydrogen) atoms. The molecule has 1 radical (unpaired) electrons. The second-order valence-electron chi connectivity index (χ2n) is 5.81. The fraction of sp³-hybridized carbons (Fsp3) is 0.0500. The van der Waals surface area contributed by atoms with E-state index in [1.54, 1.807) is 18.2 Å². The normalized spacial score (nSPS) is 10.9. The lowest BCUT2D eigenvalue weighted by Gasteiger charge is -2.09. The average Bonchev–Trinajstić information content (AvgIpc) is 3.09. The minimum Gasteiger partial charge on any atom is -0.460 e. The second-order valence-corrected chi connectivity index (χ2v) is 7.13.